The molecule has 0 atom stereocenters. The molecule has 0 aromatic carbocycles. The standard InChI is InChI=1S/C16H32N2/c1-4-17-13-16(10-6-5-7-11-16)14-18-12-8-9-15(18,2)3/h17H,4-14H2,1-3H3. The second-order valence-electron chi connectivity index (χ2n) is 7.18. The van der Waals surface area contributed by atoms with Gasteiger partial charge in [0.25, 0.3) is 0 Å². The van der Waals surface area contributed by atoms with Gasteiger partial charge >= 0.3 is 0 Å². The number of hydrogen-bond donors (Lipinski definition) is 1. The van der Waals surface area contributed by atoms with Crippen molar-refractivity contribution >= 4 is 0 Å². The summed E-state index contributed by atoms with van der Waals surface area (Å²) in [5.41, 5.74) is 1.01. The molecule has 18 heavy (non-hydrogen) atoms. The average molecular weight is 252 g/mol. The molecule has 1 N–H and O–H groups in total. The van der Waals surface area contributed by atoms with Crippen LogP contribution in [0.25, 0.3) is 0 Å². The summed E-state index contributed by atoms with van der Waals surface area (Å²) in [5.74, 6) is 0. The van der Waals surface area contributed by atoms with E-state index in [2.05, 4.69) is 31.0 Å². The smallest absolute Gasteiger partial charge is 0.0153 e. The van der Waals surface area contributed by atoms with Gasteiger partial charge in [-0.2, -0.15) is 0 Å². The summed E-state index contributed by atoms with van der Waals surface area (Å²) in [6, 6.07) is 0. The van der Waals surface area contributed by atoms with Gasteiger partial charge in [-0.05, 0) is 58.0 Å². The average Bonchev–Trinajstić information content (AvgIpc) is 2.67. The Labute approximate surface area is 114 Å². The van der Waals surface area contributed by atoms with E-state index in [9.17, 15) is 0 Å². The minimum absolute atomic E-state index is 0.441. The molecule has 1 saturated carbocycles. The Bertz CT molecular complexity index is 254. The van der Waals surface area contributed by atoms with Crippen molar-refractivity contribution in [3.8, 4) is 0 Å². The van der Waals surface area contributed by atoms with Crippen molar-refractivity contribution in [3.63, 3.8) is 0 Å². The third-order valence-corrected chi connectivity index (χ3v) is 5.26. The van der Waals surface area contributed by atoms with Crippen LogP contribution in [0.1, 0.15) is 65.7 Å². The van der Waals surface area contributed by atoms with Gasteiger partial charge in [0.15, 0.2) is 0 Å². The largest absolute Gasteiger partial charge is 0.316 e. The summed E-state index contributed by atoms with van der Waals surface area (Å²) in [6.45, 7) is 12.1. The lowest BCUT2D eigenvalue weighted by molar-refractivity contribution is 0.0657. The molecule has 106 valence electrons. The Morgan fingerprint density at radius 3 is 2.28 bits per heavy atom. The fourth-order valence-electron chi connectivity index (χ4n) is 3.94. The van der Waals surface area contributed by atoms with Crippen LogP contribution >= 0.6 is 0 Å². The molecule has 1 aliphatic carbocycles. The Balaban J connectivity index is 2.00. The quantitative estimate of drug-likeness (QED) is 0.806. The molecule has 0 unspecified atom stereocenters. The molecule has 2 nitrogen and oxygen atoms in total. The molecule has 2 heteroatoms. The Kier molecular flexibility index (Phi) is 4.71. The highest BCUT2D eigenvalue weighted by Crippen LogP contribution is 2.40. The number of rotatable bonds is 5. The van der Waals surface area contributed by atoms with Crippen molar-refractivity contribution in [2.24, 2.45) is 5.41 Å². The molecular formula is C16H32N2. The van der Waals surface area contributed by atoms with E-state index in [1.807, 2.05) is 0 Å². The van der Waals surface area contributed by atoms with Crippen molar-refractivity contribution in [1.82, 2.24) is 10.2 Å². The van der Waals surface area contributed by atoms with Crippen molar-refractivity contribution in [3.05, 3.63) is 0 Å². The number of nitrogens with zero attached hydrogens (tertiary/aromatic N) is 1. The number of likely N-dealkylation sites (tertiary alicyclic amines) is 1. The van der Waals surface area contributed by atoms with Gasteiger partial charge in [-0.1, -0.05) is 26.2 Å². The van der Waals surface area contributed by atoms with Gasteiger partial charge < -0.3 is 5.32 Å². The van der Waals surface area contributed by atoms with E-state index in [4.69, 9.17) is 0 Å². The highest BCUT2D eigenvalue weighted by atomic mass is 15.2. The fourth-order valence-corrected chi connectivity index (χ4v) is 3.94. The molecular weight excluding hydrogens is 220 g/mol. The van der Waals surface area contributed by atoms with Crippen LogP contribution in [0.5, 0.6) is 0 Å². The molecule has 0 aromatic rings. The van der Waals surface area contributed by atoms with Gasteiger partial charge in [0.2, 0.25) is 0 Å². The highest BCUT2D eigenvalue weighted by Gasteiger charge is 2.39. The normalized spacial score (nSPS) is 27.5. The summed E-state index contributed by atoms with van der Waals surface area (Å²) >= 11 is 0. The minimum Gasteiger partial charge on any atom is -0.316 e. The van der Waals surface area contributed by atoms with E-state index in [0.29, 0.717) is 11.0 Å². The van der Waals surface area contributed by atoms with Crippen LogP contribution in [-0.2, 0) is 0 Å². The van der Waals surface area contributed by atoms with E-state index in [-0.39, 0.29) is 0 Å². The Morgan fingerprint density at radius 1 is 1.00 bits per heavy atom. The molecule has 2 fully saturated rings. The van der Waals surface area contributed by atoms with E-state index >= 15 is 0 Å². The second kappa shape index (κ2) is 5.92. The molecule has 0 spiro atoms. The lowest BCUT2D eigenvalue weighted by Crippen LogP contribution is -2.49. The lowest BCUT2D eigenvalue weighted by atomic mass is 9.73. The fraction of sp³-hybridized carbons (Fsp3) is 1.00. The predicted molar refractivity (Wildman–Crippen MR) is 78.9 cm³/mol. The van der Waals surface area contributed by atoms with Gasteiger partial charge in [-0.25, -0.2) is 0 Å². The zero-order valence-electron chi connectivity index (χ0n) is 12.7. The molecule has 1 aliphatic heterocycles. The van der Waals surface area contributed by atoms with Crippen molar-refractivity contribution in [2.45, 2.75) is 71.3 Å². The first-order valence-corrected chi connectivity index (χ1v) is 8.04. The monoisotopic (exact) mass is 252 g/mol. The van der Waals surface area contributed by atoms with Gasteiger partial charge in [-0.15, -0.1) is 0 Å². The van der Waals surface area contributed by atoms with Crippen LogP contribution in [-0.4, -0.2) is 36.6 Å². The maximum atomic E-state index is 3.63. The van der Waals surface area contributed by atoms with Crippen molar-refractivity contribution in [2.75, 3.05) is 26.2 Å². The summed E-state index contributed by atoms with van der Waals surface area (Å²) in [5, 5.41) is 3.63. The molecule has 2 rings (SSSR count). The summed E-state index contributed by atoms with van der Waals surface area (Å²) in [7, 11) is 0. The minimum atomic E-state index is 0.441. The molecule has 0 bridgehead atoms. The SMILES string of the molecule is CCNCC1(CN2CCCC2(C)C)CCCCC1. The molecule has 2 aliphatic rings. The first-order chi connectivity index (χ1) is 8.58. The van der Waals surface area contributed by atoms with Crippen LogP contribution in [0.15, 0.2) is 0 Å². The van der Waals surface area contributed by atoms with Gasteiger partial charge in [0.1, 0.15) is 0 Å². The third-order valence-electron chi connectivity index (χ3n) is 5.26. The number of hydrogen-bond acceptors (Lipinski definition) is 2. The summed E-state index contributed by atoms with van der Waals surface area (Å²) < 4.78 is 0. The predicted octanol–water partition coefficient (Wildman–Crippen LogP) is 3.42. The first kappa shape index (κ1) is 14.3. The molecule has 1 saturated heterocycles. The topological polar surface area (TPSA) is 15.3 Å². The lowest BCUT2D eigenvalue weighted by Gasteiger charge is -2.44. The maximum absolute atomic E-state index is 3.63. The molecule has 0 amide bonds. The summed E-state index contributed by atoms with van der Waals surface area (Å²) in [4.78, 5) is 2.77. The highest BCUT2D eigenvalue weighted by molar-refractivity contribution is 4.95. The van der Waals surface area contributed by atoms with Gasteiger partial charge in [0.05, 0.1) is 0 Å². The molecule has 0 radical (unpaired) electrons. The Morgan fingerprint density at radius 2 is 1.72 bits per heavy atom. The molecule has 0 aromatic heterocycles. The third kappa shape index (κ3) is 3.27. The number of nitrogens with one attached hydrogen (secondary N) is 1. The van der Waals surface area contributed by atoms with E-state index in [0.717, 1.165) is 6.54 Å². The first-order valence-electron chi connectivity index (χ1n) is 8.04. The zero-order chi connectivity index (χ0) is 13.1. The maximum Gasteiger partial charge on any atom is 0.0153 e. The second-order valence-corrected chi connectivity index (χ2v) is 7.18. The van der Waals surface area contributed by atoms with Crippen LogP contribution in [0.2, 0.25) is 0 Å². The van der Waals surface area contributed by atoms with Gasteiger partial charge in [-0.3, -0.25) is 4.90 Å². The van der Waals surface area contributed by atoms with Crippen molar-refractivity contribution < 1.29 is 0 Å². The van der Waals surface area contributed by atoms with E-state index < -0.39 is 0 Å². The van der Waals surface area contributed by atoms with Crippen molar-refractivity contribution in [1.29, 1.82) is 0 Å². The van der Waals surface area contributed by atoms with Gasteiger partial charge in [0, 0.05) is 18.6 Å². The van der Waals surface area contributed by atoms with E-state index in [1.54, 1.807) is 0 Å². The van der Waals surface area contributed by atoms with Crippen LogP contribution in [0.3, 0.4) is 0 Å². The van der Waals surface area contributed by atoms with Crippen LogP contribution < -0.4 is 5.32 Å². The molecule has 1 heterocycles. The van der Waals surface area contributed by atoms with Crippen LogP contribution in [0, 0.1) is 5.41 Å². The van der Waals surface area contributed by atoms with Crippen LogP contribution in [0.4, 0.5) is 0 Å². The zero-order valence-corrected chi connectivity index (χ0v) is 12.7. The Hall–Kier alpha value is -0.0800. The van der Waals surface area contributed by atoms with E-state index in [1.165, 1.54) is 64.6 Å². The summed E-state index contributed by atoms with van der Waals surface area (Å²) in [6.07, 6.45) is 9.99.